The fourth-order valence-corrected chi connectivity index (χ4v) is 0.670. The van der Waals surface area contributed by atoms with Crippen LogP contribution in [-0.4, -0.2) is 20.2 Å². The van der Waals surface area contributed by atoms with Crippen molar-refractivity contribution in [2.75, 3.05) is 0 Å². The van der Waals surface area contributed by atoms with Gasteiger partial charge < -0.3 is 0 Å². The number of rotatable bonds is 0. The average molecular weight is 210 g/mol. The third kappa shape index (κ3) is 1.08. The molecule has 0 amide bonds. The maximum Gasteiger partial charge on any atom is 0.234 e. The maximum atomic E-state index is 3.79. The van der Waals surface area contributed by atoms with Crippen LogP contribution in [0.3, 0.4) is 0 Å². The van der Waals surface area contributed by atoms with Crippen LogP contribution >= 0.6 is 22.6 Å². The molecule has 0 saturated carbocycles. The van der Waals surface area contributed by atoms with Crippen LogP contribution in [0.25, 0.3) is 0 Å². The Hall–Kier alpha value is -0.200. The van der Waals surface area contributed by atoms with E-state index < -0.39 is 0 Å². The number of tetrazole rings is 1. The fraction of sp³-hybridized carbons (Fsp3) is 0.500. The van der Waals surface area contributed by atoms with Crippen LogP contribution in [0.2, 0.25) is 0 Å². The highest BCUT2D eigenvalue weighted by Crippen LogP contribution is 1.87. The van der Waals surface area contributed by atoms with E-state index in [1.165, 1.54) is 4.80 Å². The molecule has 0 aromatic carbocycles. The van der Waals surface area contributed by atoms with Gasteiger partial charge in [-0.1, -0.05) is 0 Å². The Morgan fingerprint density at radius 2 is 2.43 bits per heavy atom. The molecular weight excluding hydrogens is 207 g/mol. The smallest absolute Gasteiger partial charge is 0.167 e. The predicted octanol–water partition coefficient (Wildman–Crippen LogP) is -0.185. The molecule has 5 heteroatoms. The molecule has 0 radical (unpaired) electrons. The molecule has 1 heterocycles. The molecule has 7 heavy (non-hydrogen) atoms. The maximum absolute atomic E-state index is 3.79. The van der Waals surface area contributed by atoms with Crippen molar-refractivity contribution in [3.63, 3.8) is 0 Å². The summed E-state index contributed by atoms with van der Waals surface area (Å²) in [6.45, 7) is 0. The van der Waals surface area contributed by atoms with Crippen molar-refractivity contribution in [1.29, 1.82) is 0 Å². The Labute approximate surface area is 54.0 Å². The molecule has 0 fully saturated rings. The lowest BCUT2D eigenvalue weighted by Gasteiger charge is -1.72. The van der Waals surface area contributed by atoms with Gasteiger partial charge in [0, 0.05) is 22.6 Å². The normalized spacial score (nSPS) is 9.43. The van der Waals surface area contributed by atoms with E-state index >= 15 is 0 Å². The molecular formula is C2H3IN4. The molecule has 1 aromatic heterocycles. The van der Waals surface area contributed by atoms with Gasteiger partial charge in [-0.25, -0.2) is 0 Å². The molecule has 0 aliphatic carbocycles. The van der Waals surface area contributed by atoms with E-state index in [-0.39, 0.29) is 0 Å². The van der Waals surface area contributed by atoms with Crippen LogP contribution in [0.1, 0.15) is 0 Å². The minimum atomic E-state index is 0.681. The van der Waals surface area contributed by atoms with E-state index in [1.807, 2.05) is 22.6 Å². The SMILES string of the molecule is Cn1nnc(I)n1. The highest BCUT2D eigenvalue weighted by atomic mass is 127. The van der Waals surface area contributed by atoms with Crippen molar-refractivity contribution >= 4 is 22.6 Å². The first-order valence-corrected chi connectivity index (χ1v) is 2.76. The number of hydrogen-bond acceptors (Lipinski definition) is 3. The molecule has 0 saturated heterocycles. The van der Waals surface area contributed by atoms with Crippen LogP contribution in [-0.2, 0) is 7.05 Å². The zero-order valence-electron chi connectivity index (χ0n) is 3.67. The Bertz CT molecular complexity index is 142. The van der Waals surface area contributed by atoms with E-state index in [9.17, 15) is 0 Å². The summed E-state index contributed by atoms with van der Waals surface area (Å²) in [4.78, 5) is 1.42. The zero-order valence-corrected chi connectivity index (χ0v) is 5.82. The lowest BCUT2D eigenvalue weighted by atomic mass is 11.4. The number of halogens is 1. The molecule has 0 N–H and O–H groups in total. The second-order valence-electron chi connectivity index (χ2n) is 1.05. The van der Waals surface area contributed by atoms with E-state index in [4.69, 9.17) is 0 Å². The monoisotopic (exact) mass is 210 g/mol. The van der Waals surface area contributed by atoms with Crippen molar-refractivity contribution in [1.82, 2.24) is 20.2 Å². The predicted molar refractivity (Wildman–Crippen MR) is 31.5 cm³/mol. The molecule has 4 nitrogen and oxygen atoms in total. The van der Waals surface area contributed by atoms with Gasteiger partial charge in [0.2, 0.25) is 3.83 Å². The van der Waals surface area contributed by atoms with Gasteiger partial charge in [-0.2, -0.15) is 4.80 Å². The van der Waals surface area contributed by atoms with Gasteiger partial charge in [0.1, 0.15) is 0 Å². The van der Waals surface area contributed by atoms with Crippen molar-refractivity contribution in [2.45, 2.75) is 0 Å². The van der Waals surface area contributed by atoms with Crippen LogP contribution in [0, 0.1) is 3.83 Å². The zero-order chi connectivity index (χ0) is 5.28. The Morgan fingerprint density at radius 1 is 1.71 bits per heavy atom. The molecule has 0 aliphatic rings. The summed E-state index contributed by atoms with van der Waals surface area (Å²) in [5, 5.41) is 11.0. The van der Waals surface area contributed by atoms with Gasteiger partial charge in [0.25, 0.3) is 0 Å². The van der Waals surface area contributed by atoms with Gasteiger partial charge in [-0.05, 0) is 5.21 Å². The lowest BCUT2D eigenvalue weighted by molar-refractivity contribution is 0.629. The van der Waals surface area contributed by atoms with Crippen molar-refractivity contribution in [2.24, 2.45) is 7.05 Å². The highest BCUT2D eigenvalue weighted by Gasteiger charge is 1.87. The van der Waals surface area contributed by atoms with Crippen LogP contribution < -0.4 is 0 Å². The third-order valence-corrected chi connectivity index (χ3v) is 0.915. The topological polar surface area (TPSA) is 43.6 Å². The quantitative estimate of drug-likeness (QED) is 0.557. The summed E-state index contributed by atoms with van der Waals surface area (Å²) in [7, 11) is 1.73. The van der Waals surface area contributed by atoms with Crippen LogP contribution in [0.4, 0.5) is 0 Å². The van der Waals surface area contributed by atoms with Crippen molar-refractivity contribution in [3.8, 4) is 0 Å². The molecule has 1 aromatic rings. The first kappa shape index (κ1) is 4.95. The average Bonchev–Trinajstić information content (AvgIpc) is 1.87. The standard InChI is InChI=1S/C2H3IN4/c1-7-5-2(3)4-6-7/h1H3. The summed E-state index contributed by atoms with van der Waals surface area (Å²) in [6, 6.07) is 0. The van der Waals surface area contributed by atoms with Gasteiger partial charge in [-0.3, -0.25) is 0 Å². The Balaban J connectivity index is 3.04. The van der Waals surface area contributed by atoms with E-state index in [1.54, 1.807) is 7.05 Å². The summed E-state index contributed by atoms with van der Waals surface area (Å²) >= 11 is 2.00. The highest BCUT2D eigenvalue weighted by molar-refractivity contribution is 14.1. The Morgan fingerprint density at radius 3 is 2.57 bits per heavy atom. The van der Waals surface area contributed by atoms with E-state index in [0.717, 1.165) is 0 Å². The largest absolute Gasteiger partial charge is 0.234 e. The van der Waals surface area contributed by atoms with Crippen LogP contribution in [0.15, 0.2) is 0 Å². The van der Waals surface area contributed by atoms with Crippen molar-refractivity contribution < 1.29 is 0 Å². The molecule has 0 bridgehead atoms. The number of aromatic nitrogens is 4. The molecule has 0 aliphatic heterocycles. The molecule has 38 valence electrons. The first-order valence-electron chi connectivity index (χ1n) is 1.68. The minimum Gasteiger partial charge on any atom is -0.167 e. The minimum absolute atomic E-state index is 0.681. The molecule has 0 spiro atoms. The summed E-state index contributed by atoms with van der Waals surface area (Å²) in [6.07, 6.45) is 0. The summed E-state index contributed by atoms with van der Waals surface area (Å²) in [5.41, 5.74) is 0. The molecule has 0 unspecified atom stereocenters. The molecule has 1 rings (SSSR count). The first-order chi connectivity index (χ1) is 3.29. The van der Waals surface area contributed by atoms with Crippen LogP contribution in [0.5, 0.6) is 0 Å². The Kier molecular flexibility index (Phi) is 1.22. The number of aryl methyl sites for hydroxylation is 1. The van der Waals surface area contributed by atoms with Gasteiger partial charge >= 0.3 is 0 Å². The van der Waals surface area contributed by atoms with Gasteiger partial charge in [-0.15, -0.1) is 10.2 Å². The van der Waals surface area contributed by atoms with Gasteiger partial charge in [0.15, 0.2) is 0 Å². The number of hydrogen-bond donors (Lipinski definition) is 0. The second kappa shape index (κ2) is 1.73. The second-order valence-corrected chi connectivity index (χ2v) is 2.01. The summed E-state index contributed by atoms with van der Waals surface area (Å²) in [5.74, 6) is 0. The summed E-state index contributed by atoms with van der Waals surface area (Å²) < 4.78 is 0.681. The number of nitrogens with zero attached hydrogens (tertiary/aromatic N) is 4. The molecule has 0 atom stereocenters. The third-order valence-electron chi connectivity index (χ3n) is 0.484. The van der Waals surface area contributed by atoms with Crippen molar-refractivity contribution in [3.05, 3.63) is 3.83 Å². The lowest BCUT2D eigenvalue weighted by Crippen LogP contribution is -1.91. The van der Waals surface area contributed by atoms with E-state index in [0.29, 0.717) is 3.83 Å². The fourth-order valence-electron chi connectivity index (χ4n) is 0.261. The van der Waals surface area contributed by atoms with Gasteiger partial charge in [0.05, 0.1) is 7.05 Å². The van der Waals surface area contributed by atoms with E-state index in [2.05, 4.69) is 15.4 Å².